The molecule has 2 N–H and O–H groups in total. The summed E-state index contributed by atoms with van der Waals surface area (Å²) in [4.78, 5) is 41.0. The minimum Gasteiger partial charge on any atom is -0.363 e. The molecule has 3 amide bonds. The molecule has 4 rings (SSSR count). The maximum atomic E-state index is 12.2. The number of amides is 3. The number of carbonyl (C=O) groups is 2. The summed E-state index contributed by atoms with van der Waals surface area (Å²) in [6.45, 7) is 0.759. The van der Waals surface area contributed by atoms with Crippen LogP contribution < -0.4 is 15.5 Å². The number of rotatable bonds is 2. The van der Waals surface area contributed by atoms with E-state index in [1.807, 2.05) is 0 Å². The molecule has 128 valence electrons. The zero-order chi connectivity index (χ0) is 17.6. The Morgan fingerprint density at radius 2 is 2.12 bits per heavy atom. The van der Waals surface area contributed by atoms with Crippen LogP contribution in [0.3, 0.4) is 0 Å². The molecule has 0 bridgehead atoms. The Kier molecular flexibility index (Phi) is 3.31. The number of benzene rings is 1. The number of carbonyl (C=O) groups excluding carboxylic acids is 2. The Morgan fingerprint density at radius 3 is 2.84 bits per heavy atom. The Hall–Kier alpha value is -3.23. The van der Waals surface area contributed by atoms with Crippen LogP contribution in [0, 0.1) is 10.1 Å². The number of urea groups is 1. The highest BCUT2D eigenvalue weighted by Gasteiger charge is 2.49. The first-order valence-electron chi connectivity index (χ1n) is 7.91. The van der Waals surface area contributed by atoms with Gasteiger partial charge >= 0.3 is 11.7 Å². The van der Waals surface area contributed by atoms with Gasteiger partial charge in [0.05, 0.1) is 22.4 Å². The van der Waals surface area contributed by atoms with E-state index >= 15 is 0 Å². The summed E-state index contributed by atoms with van der Waals surface area (Å²) in [5, 5.41) is 17.1. The second kappa shape index (κ2) is 5.40. The van der Waals surface area contributed by atoms with Gasteiger partial charge in [0.25, 0.3) is 5.91 Å². The van der Waals surface area contributed by atoms with Gasteiger partial charge in [0, 0.05) is 12.7 Å². The summed E-state index contributed by atoms with van der Waals surface area (Å²) in [5.41, 5.74) is -0.102. The van der Waals surface area contributed by atoms with Gasteiger partial charge < -0.3 is 10.2 Å². The highest BCUT2D eigenvalue weighted by molar-refractivity contribution is 6.07. The lowest BCUT2D eigenvalue weighted by Gasteiger charge is -2.39. The van der Waals surface area contributed by atoms with E-state index in [2.05, 4.69) is 15.6 Å². The van der Waals surface area contributed by atoms with E-state index < -0.39 is 16.5 Å². The molecule has 2 aliphatic heterocycles. The molecule has 0 saturated carbocycles. The number of piperidine rings is 1. The number of nitro benzene ring substituents is 1. The van der Waals surface area contributed by atoms with E-state index in [4.69, 9.17) is 0 Å². The number of imide groups is 1. The molecule has 1 spiro atoms. The summed E-state index contributed by atoms with van der Waals surface area (Å²) in [7, 11) is 0. The monoisotopic (exact) mass is 341 g/mol. The maximum Gasteiger partial charge on any atom is 0.322 e. The lowest BCUT2D eigenvalue weighted by Crippen LogP contribution is -2.58. The van der Waals surface area contributed by atoms with Crippen LogP contribution >= 0.6 is 0 Å². The van der Waals surface area contributed by atoms with Crippen LogP contribution in [0.2, 0.25) is 0 Å². The summed E-state index contributed by atoms with van der Waals surface area (Å²) >= 11 is 0. The number of hydrogen-bond acceptors (Lipinski definition) is 6. The molecule has 1 unspecified atom stereocenters. The topological polar surface area (TPSA) is 117 Å². The minimum absolute atomic E-state index is 0.0348. The average Bonchev–Trinajstić information content (AvgIpc) is 2.86. The molecule has 25 heavy (non-hydrogen) atoms. The molecule has 1 aromatic carbocycles. The van der Waals surface area contributed by atoms with Crippen LogP contribution in [0.1, 0.15) is 12.8 Å². The Labute approximate surface area is 142 Å². The Balaban J connectivity index is 1.79. The Morgan fingerprint density at radius 1 is 1.28 bits per heavy atom. The summed E-state index contributed by atoms with van der Waals surface area (Å²) in [5.74, 6) is -0.382. The number of nitrogens with zero attached hydrogens (tertiary/aromatic N) is 3. The molecule has 1 atom stereocenters. The maximum absolute atomic E-state index is 12.2. The second-order valence-corrected chi connectivity index (χ2v) is 6.28. The van der Waals surface area contributed by atoms with Crippen LogP contribution in [0.4, 0.5) is 16.2 Å². The molecule has 1 aromatic heterocycles. The molecule has 0 radical (unpaired) electrons. The largest absolute Gasteiger partial charge is 0.363 e. The summed E-state index contributed by atoms with van der Waals surface area (Å²) < 4.78 is 0. The van der Waals surface area contributed by atoms with E-state index in [-0.39, 0.29) is 18.1 Å². The van der Waals surface area contributed by atoms with Crippen molar-refractivity contribution in [1.82, 2.24) is 15.6 Å². The predicted octanol–water partition coefficient (Wildman–Crippen LogP) is 1.32. The van der Waals surface area contributed by atoms with Gasteiger partial charge in [-0.05, 0) is 37.1 Å². The summed E-state index contributed by atoms with van der Waals surface area (Å²) in [6.07, 6.45) is 2.72. The van der Waals surface area contributed by atoms with Crippen molar-refractivity contribution >= 4 is 34.2 Å². The van der Waals surface area contributed by atoms with Crippen LogP contribution in [-0.2, 0) is 4.79 Å². The van der Waals surface area contributed by atoms with Crippen LogP contribution in [0.5, 0.6) is 0 Å². The molecule has 3 heterocycles. The quantitative estimate of drug-likeness (QED) is 0.483. The predicted molar refractivity (Wildman–Crippen MR) is 89.2 cm³/mol. The van der Waals surface area contributed by atoms with Crippen LogP contribution in [0.25, 0.3) is 10.9 Å². The van der Waals surface area contributed by atoms with Gasteiger partial charge in [0.1, 0.15) is 11.2 Å². The molecule has 9 nitrogen and oxygen atoms in total. The van der Waals surface area contributed by atoms with Gasteiger partial charge in [0.2, 0.25) is 0 Å². The first-order valence-corrected chi connectivity index (χ1v) is 7.91. The van der Waals surface area contributed by atoms with Crippen molar-refractivity contribution in [1.29, 1.82) is 0 Å². The van der Waals surface area contributed by atoms with Crippen molar-refractivity contribution in [2.45, 2.75) is 18.4 Å². The molecule has 2 saturated heterocycles. The standard InChI is InChI=1S/C16H15N5O4/c22-14-16(19-15(23)18-14)6-2-8-20(9-16)12-5-4-11-10(3-1-7-17-11)13(12)21(24)25/h1,3-5,7H,2,6,8-9H2,(H2,18,19,22,23). The fourth-order valence-corrected chi connectivity index (χ4v) is 3.65. The highest BCUT2D eigenvalue weighted by Crippen LogP contribution is 2.38. The molecule has 0 aliphatic carbocycles. The highest BCUT2D eigenvalue weighted by atomic mass is 16.6. The van der Waals surface area contributed by atoms with Crippen molar-refractivity contribution < 1.29 is 14.5 Å². The van der Waals surface area contributed by atoms with Crippen molar-refractivity contribution in [2.24, 2.45) is 0 Å². The average molecular weight is 341 g/mol. The number of nitrogens with one attached hydrogen (secondary N) is 2. The van der Waals surface area contributed by atoms with Crippen LogP contribution in [-0.4, -0.2) is 40.5 Å². The molecule has 2 aromatic rings. The third-order valence-electron chi connectivity index (χ3n) is 4.77. The SMILES string of the molecule is O=C1NC(=O)C2(CCCN(c3ccc4ncccc4c3[N+](=O)[O-])C2)N1. The van der Waals surface area contributed by atoms with E-state index in [9.17, 15) is 19.7 Å². The van der Waals surface area contributed by atoms with E-state index in [0.29, 0.717) is 36.0 Å². The fraction of sp³-hybridized carbons (Fsp3) is 0.312. The normalized spacial score (nSPS) is 23.0. The zero-order valence-electron chi connectivity index (χ0n) is 13.2. The third kappa shape index (κ3) is 2.35. The lowest BCUT2D eigenvalue weighted by atomic mass is 9.88. The first kappa shape index (κ1) is 15.3. The molecule has 2 aliphatic rings. The molecular weight excluding hydrogens is 326 g/mol. The number of nitro groups is 1. The number of fused-ring (bicyclic) bond motifs is 1. The van der Waals surface area contributed by atoms with Crippen LogP contribution in [0.15, 0.2) is 30.5 Å². The zero-order valence-corrected chi connectivity index (χ0v) is 13.2. The van der Waals surface area contributed by atoms with Gasteiger partial charge in [-0.1, -0.05) is 0 Å². The summed E-state index contributed by atoms with van der Waals surface area (Å²) in [6, 6.07) is 6.17. The minimum atomic E-state index is -1.03. The van der Waals surface area contributed by atoms with Gasteiger partial charge in [-0.25, -0.2) is 4.79 Å². The molecular formula is C16H15N5O4. The van der Waals surface area contributed by atoms with E-state index in [0.717, 1.165) is 0 Å². The number of hydrogen-bond donors (Lipinski definition) is 2. The second-order valence-electron chi connectivity index (χ2n) is 6.28. The Bertz CT molecular complexity index is 915. The number of pyridine rings is 1. The van der Waals surface area contributed by atoms with Crippen molar-refractivity contribution in [3.63, 3.8) is 0 Å². The van der Waals surface area contributed by atoms with Gasteiger partial charge in [-0.15, -0.1) is 0 Å². The van der Waals surface area contributed by atoms with Gasteiger partial charge in [-0.2, -0.15) is 0 Å². The number of aromatic nitrogens is 1. The van der Waals surface area contributed by atoms with Gasteiger partial charge in [0.15, 0.2) is 0 Å². The smallest absolute Gasteiger partial charge is 0.322 e. The van der Waals surface area contributed by atoms with Crippen molar-refractivity contribution in [3.05, 3.63) is 40.6 Å². The van der Waals surface area contributed by atoms with E-state index in [1.54, 1.807) is 35.4 Å². The lowest BCUT2D eigenvalue weighted by molar-refractivity contribution is -0.382. The van der Waals surface area contributed by atoms with E-state index in [1.165, 1.54) is 0 Å². The first-order chi connectivity index (χ1) is 12.0. The number of anilines is 1. The molecule has 9 heteroatoms. The fourth-order valence-electron chi connectivity index (χ4n) is 3.65. The molecule has 2 fully saturated rings. The third-order valence-corrected chi connectivity index (χ3v) is 4.77. The van der Waals surface area contributed by atoms with Crippen molar-refractivity contribution in [3.8, 4) is 0 Å². The van der Waals surface area contributed by atoms with Gasteiger partial charge in [-0.3, -0.25) is 25.2 Å². The van der Waals surface area contributed by atoms with Crippen molar-refractivity contribution in [2.75, 3.05) is 18.0 Å².